The first kappa shape index (κ1) is 12.5. The quantitative estimate of drug-likeness (QED) is 0.853. The Morgan fingerprint density at radius 1 is 1.33 bits per heavy atom. The fourth-order valence-corrected chi connectivity index (χ4v) is 1.69. The number of aliphatic hydroxyl groups is 1. The largest absolute Gasteiger partial charge is 0.497 e. The lowest BCUT2D eigenvalue weighted by atomic mass is 10.2. The molecule has 0 aliphatic rings. The zero-order valence-electron chi connectivity index (χ0n) is 10.3. The first-order valence-corrected chi connectivity index (χ1v) is 5.47. The zero-order chi connectivity index (χ0) is 13.0. The van der Waals surface area contributed by atoms with Crippen molar-refractivity contribution in [3.05, 3.63) is 35.7 Å². The molecule has 1 N–H and O–H groups in total. The molecule has 96 valence electrons. The Labute approximate surface area is 105 Å². The monoisotopic (exact) mass is 249 g/mol. The number of rotatable bonds is 5. The second-order valence-corrected chi connectivity index (χ2v) is 3.69. The molecular weight excluding hydrogens is 234 g/mol. The van der Waals surface area contributed by atoms with Crippen molar-refractivity contribution in [2.45, 2.75) is 13.2 Å². The average molecular weight is 249 g/mol. The Balaban J connectivity index is 2.45. The van der Waals surface area contributed by atoms with Crippen LogP contribution in [0.15, 0.2) is 24.3 Å². The Kier molecular flexibility index (Phi) is 3.91. The predicted molar refractivity (Wildman–Crippen MR) is 64.5 cm³/mol. The molecule has 1 heterocycles. The molecule has 0 spiro atoms. The van der Waals surface area contributed by atoms with Gasteiger partial charge >= 0.3 is 0 Å². The molecule has 2 rings (SSSR count). The minimum absolute atomic E-state index is 0.164. The number of hydrogen-bond donors (Lipinski definition) is 1. The van der Waals surface area contributed by atoms with Crippen LogP contribution in [0.5, 0.6) is 5.75 Å². The molecular formula is C12H15N3O3. The van der Waals surface area contributed by atoms with Gasteiger partial charge in [-0.2, -0.15) is 0 Å². The van der Waals surface area contributed by atoms with Crippen LogP contribution in [0.1, 0.15) is 11.4 Å². The molecule has 0 atom stereocenters. The molecule has 2 aromatic rings. The molecule has 0 bridgehead atoms. The van der Waals surface area contributed by atoms with Crippen molar-refractivity contribution in [3.63, 3.8) is 0 Å². The topological polar surface area (TPSA) is 69.4 Å². The van der Waals surface area contributed by atoms with Crippen LogP contribution in [0.25, 0.3) is 5.69 Å². The fraction of sp³-hybridized carbons (Fsp3) is 0.333. The van der Waals surface area contributed by atoms with E-state index in [9.17, 15) is 5.11 Å². The Morgan fingerprint density at radius 2 is 2.17 bits per heavy atom. The molecule has 0 aliphatic heterocycles. The van der Waals surface area contributed by atoms with Gasteiger partial charge in [0.05, 0.1) is 31.7 Å². The number of nitrogens with zero attached hydrogens (tertiary/aromatic N) is 3. The summed E-state index contributed by atoms with van der Waals surface area (Å²) in [4.78, 5) is 0. The van der Waals surface area contributed by atoms with Gasteiger partial charge in [-0.1, -0.05) is 11.3 Å². The third kappa shape index (κ3) is 2.34. The van der Waals surface area contributed by atoms with E-state index in [1.165, 1.54) is 0 Å². The van der Waals surface area contributed by atoms with Crippen LogP contribution >= 0.6 is 0 Å². The van der Waals surface area contributed by atoms with E-state index in [0.717, 1.165) is 17.1 Å². The second-order valence-electron chi connectivity index (χ2n) is 3.69. The number of ether oxygens (including phenoxy) is 2. The van der Waals surface area contributed by atoms with Crippen molar-refractivity contribution in [3.8, 4) is 11.4 Å². The van der Waals surface area contributed by atoms with Crippen molar-refractivity contribution >= 4 is 0 Å². The third-order valence-electron chi connectivity index (χ3n) is 2.57. The van der Waals surface area contributed by atoms with Crippen molar-refractivity contribution < 1.29 is 14.6 Å². The van der Waals surface area contributed by atoms with Gasteiger partial charge in [0.1, 0.15) is 11.4 Å². The van der Waals surface area contributed by atoms with Crippen LogP contribution < -0.4 is 4.74 Å². The highest BCUT2D eigenvalue weighted by Crippen LogP contribution is 2.19. The van der Waals surface area contributed by atoms with E-state index in [0.29, 0.717) is 12.3 Å². The minimum Gasteiger partial charge on any atom is -0.497 e. The van der Waals surface area contributed by atoms with E-state index < -0.39 is 0 Å². The summed E-state index contributed by atoms with van der Waals surface area (Å²) >= 11 is 0. The SMILES string of the molecule is COCc1c(CO)nnn1-c1cccc(OC)c1. The van der Waals surface area contributed by atoms with Crippen LogP contribution in [0.3, 0.4) is 0 Å². The lowest BCUT2D eigenvalue weighted by molar-refractivity contribution is 0.175. The molecule has 0 aliphatic carbocycles. The van der Waals surface area contributed by atoms with Gasteiger partial charge in [0.2, 0.25) is 0 Å². The van der Waals surface area contributed by atoms with Crippen LogP contribution in [0.2, 0.25) is 0 Å². The molecule has 6 heteroatoms. The Hall–Kier alpha value is -1.92. The van der Waals surface area contributed by atoms with Gasteiger partial charge in [-0.25, -0.2) is 4.68 Å². The van der Waals surface area contributed by atoms with Gasteiger partial charge in [0, 0.05) is 13.2 Å². The summed E-state index contributed by atoms with van der Waals surface area (Å²) in [6, 6.07) is 7.45. The molecule has 0 fully saturated rings. The normalized spacial score (nSPS) is 10.6. The van der Waals surface area contributed by atoms with Crippen molar-refractivity contribution in [2.24, 2.45) is 0 Å². The maximum Gasteiger partial charge on any atom is 0.121 e. The molecule has 1 aromatic carbocycles. The number of benzene rings is 1. The van der Waals surface area contributed by atoms with Gasteiger partial charge in [-0.3, -0.25) is 0 Å². The summed E-state index contributed by atoms with van der Waals surface area (Å²) in [6.45, 7) is 0.169. The summed E-state index contributed by atoms with van der Waals surface area (Å²) < 4.78 is 11.9. The van der Waals surface area contributed by atoms with Crippen LogP contribution in [0, 0.1) is 0 Å². The molecule has 0 radical (unpaired) electrons. The average Bonchev–Trinajstić information content (AvgIpc) is 2.82. The fourth-order valence-electron chi connectivity index (χ4n) is 1.69. The van der Waals surface area contributed by atoms with Gasteiger partial charge in [-0.15, -0.1) is 5.10 Å². The number of methoxy groups -OCH3 is 2. The van der Waals surface area contributed by atoms with E-state index >= 15 is 0 Å². The van der Waals surface area contributed by atoms with Crippen molar-refractivity contribution in [2.75, 3.05) is 14.2 Å². The predicted octanol–water partition coefficient (Wildman–Crippen LogP) is 0.915. The van der Waals surface area contributed by atoms with Crippen LogP contribution in [-0.2, 0) is 18.0 Å². The molecule has 18 heavy (non-hydrogen) atoms. The summed E-state index contributed by atoms with van der Waals surface area (Å²) in [7, 11) is 3.19. The minimum atomic E-state index is -0.164. The van der Waals surface area contributed by atoms with Gasteiger partial charge < -0.3 is 14.6 Å². The highest BCUT2D eigenvalue weighted by atomic mass is 16.5. The highest BCUT2D eigenvalue weighted by molar-refractivity contribution is 5.40. The summed E-state index contributed by atoms with van der Waals surface area (Å²) in [5.74, 6) is 0.733. The van der Waals surface area contributed by atoms with E-state index in [1.807, 2.05) is 24.3 Å². The number of aromatic nitrogens is 3. The molecule has 6 nitrogen and oxygen atoms in total. The smallest absolute Gasteiger partial charge is 0.121 e. The van der Waals surface area contributed by atoms with E-state index in [1.54, 1.807) is 18.9 Å². The number of aliphatic hydroxyl groups excluding tert-OH is 1. The maximum absolute atomic E-state index is 9.21. The van der Waals surface area contributed by atoms with Gasteiger partial charge in [0.15, 0.2) is 0 Å². The molecule has 0 saturated carbocycles. The molecule has 0 unspecified atom stereocenters. The van der Waals surface area contributed by atoms with Crippen LogP contribution in [-0.4, -0.2) is 34.3 Å². The van der Waals surface area contributed by atoms with E-state index in [2.05, 4.69) is 10.3 Å². The first-order valence-electron chi connectivity index (χ1n) is 5.47. The maximum atomic E-state index is 9.21. The highest BCUT2D eigenvalue weighted by Gasteiger charge is 2.13. The van der Waals surface area contributed by atoms with E-state index in [4.69, 9.17) is 9.47 Å². The molecule has 0 saturated heterocycles. The standard InChI is InChI=1S/C12H15N3O3/c1-17-8-12-11(7-16)13-14-15(12)9-4-3-5-10(6-9)18-2/h3-6,16H,7-8H2,1-2H3. The zero-order valence-corrected chi connectivity index (χ0v) is 10.3. The van der Waals surface area contributed by atoms with E-state index in [-0.39, 0.29) is 6.61 Å². The van der Waals surface area contributed by atoms with Crippen molar-refractivity contribution in [1.29, 1.82) is 0 Å². The first-order chi connectivity index (χ1) is 8.80. The number of hydrogen-bond acceptors (Lipinski definition) is 5. The summed E-state index contributed by atoms with van der Waals surface area (Å²) in [6.07, 6.45) is 0. The van der Waals surface area contributed by atoms with Gasteiger partial charge in [0.25, 0.3) is 0 Å². The lowest BCUT2D eigenvalue weighted by Gasteiger charge is -2.08. The van der Waals surface area contributed by atoms with Gasteiger partial charge in [-0.05, 0) is 12.1 Å². The summed E-state index contributed by atoms with van der Waals surface area (Å²) in [5, 5.41) is 17.2. The lowest BCUT2D eigenvalue weighted by Crippen LogP contribution is -2.05. The molecule has 1 aromatic heterocycles. The summed E-state index contributed by atoms with van der Waals surface area (Å²) in [5.41, 5.74) is 2.06. The Morgan fingerprint density at radius 3 is 2.83 bits per heavy atom. The Bertz CT molecular complexity index is 525. The second kappa shape index (κ2) is 5.61. The van der Waals surface area contributed by atoms with Crippen LogP contribution in [0.4, 0.5) is 0 Å². The molecule has 0 amide bonds. The van der Waals surface area contributed by atoms with Crippen molar-refractivity contribution in [1.82, 2.24) is 15.0 Å². The third-order valence-corrected chi connectivity index (χ3v) is 2.57.